The first-order chi connectivity index (χ1) is 7.74. The van der Waals surface area contributed by atoms with Gasteiger partial charge >= 0.3 is 0 Å². The van der Waals surface area contributed by atoms with Crippen LogP contribution in [0.4, 0.5) is 0 Å². The second-order valence-electron chi connectivity index (χ2n) is 3.70. The number of benzene rings is 2. The van der Waals surface area contributed by atoms with Gasteiger partial charge in [-0.25, -0.2) is 0 Å². The number of hydrogen-bond acceptors (Lipinski definition) is 3. The van der Waals surface area contributed by atoms with E-state index < -0.39 is 11.6 Å². The number of Topliss-reactive ketones (excluding diaryl/α,β-unsaturated/α-hetero) is 2. The molecular weight excluding hydrogens is 204 g/mol. The Balaban J connectivity index is 2.55. The van der Waals surface area contributed by atoms with Gasteiger partial charge in [0.15, 0.2) is 0 Å². The molecule has 16 heavy (non-hydrogen) atoms. The molecule has 0 heterocycles. The van der Waals surface area contributed by atoms with E-state index in [1.807, 2.05) is 12.1 Å². The Morgan fingerprint density at radius 3 is 2.56 bits per heavy atom. The maximum Gasteiger partial charge on any atom is 0.237 e. The smallest absolute Gasteiger partial charge is 0.237 e. The molecule has 0 atom stereocenters. The second-order valence-corrected chi connectivity index (χ2v) is 3.70. The summed E-state index contributed by atoms with van der Waals surface area (Å²) in [6.07, 6.45) is 0. The van der Waals surface area contributed by atoms with Crippen molar-refractivity contribution in [1.82, 2.24) is 0 Å². The highest BCUT2D eigenvalue weighted by atomic mass is 16.5. The van der Waals surface area contributed by atoms with Crippen LogP contribution in [0.5, 0.6) is 5.75 Å². The largest absolute Gasteiger partial charge is 0.496 e. The van der Waals surface area contributed by atoms with Crippen LogP contribution in [0, 0.1) is 0 Å². The van der Waals surface area contributed by atoms with Crippen molar-refractivity contribution in [3.8, 4) is 5.75 Å². The Hall–Kier alpha value is -2.16. The van der Waals surface area contributed by atoms with Gasteiger partial charge in [0.05, 0.1) is 12.7 Å². The van der Waals surface area contributed by atoms with Gasteiger partial charge in [-0.15, -0.1) is 0 Å². The van der Waals surface area contributed by atoms with Crippen LogP contribution in [-0.2, 0) is 0 Å². The Morgan fingerprint density at radius 2 is 1.81 bits per heavy atom. The number of hydrogen-bond donors (Lipinski definition) is 0. The summed E-state index contributed by atoms with van der Waals surface area (Å²) in [5.41, 5.74) is 0.886. The van der Waals surface area contributed by atoms with Gasteiger partial charge in [0.2, 0.25) is 11.6 Å². The van der Waals surface area contributed by atoms with Gasteiger partial charge in [0, 0.05) is 10.9 Å². The normalized spacial score (nSPS) is 13.6. The van der Waals surface area contributed by atoms with E-state index in [-0.39, 0.29) is 0 Å². The molecule has 3 nitrogen and oxygen atoms in total. The average Bonchev–Trinajstić information content (AvgIpc) is 2.58. The molecule has 1 aliphatic rings. The third kappa shape index (κ3) is 0.922. The number of rotatable bonds is 1. The lowest BCUT2D eigenvalue weighted by Crippen LogP contribution is -2.07. The van der Waals surface area contributed by atoms with Gasteiger partial charge in [0.25, 0.3) is 0 Å². The van der Waals surface area contributed by atoms with Crippen molar-refractivity contribution >= 4 is 22.3 Å². The van der Waals surface area contributed by atoms with Crippen LogP contribution in [0.25, 0.3) is 10.8 Å². The standard InChI is InChI=1S/C13H8O3/c1-16-9-6-5-7-3-2-4-8-10(7)11(9)13(15)12(8)14/h2-6H,1H3. The quantitative estimate of drug-likeness (QED) is 0.681. The molecule has 0 bridgehead atoms. The number of carbonyl (C=O) groups is 2. The van der Waals surface area contributed by atoms with Gasteiger partial charge in [-0.05, 0) is 11.5 Å². The van der Waals surface area contributed by atoms with E-state index in [0.29, 0.717) is 16.9 Å². The van der Waals surface area contributed by atoms with Crippen LogP contribution in [0.1, 0.15) is 20.7 Å². The highest BCUT2D eigenvalue weighted by Gasteiger charge is 2.33. The molecule has 0 radical (unpaired) electrons. The van der Waals surface area contributed by atoms with Crippen LogP contribution in [-0.4, -0.2) is 18.7 Å². The first-order valence-corrected chi connectivity index (χ1v) is 4.93. The number of ether oxygens (including phenoxy) is 1. The molecule has 0 unspecified atom stereocenters. The molecule has 0 saturated heterocycles. The molecule has 78 valence electrons. The zero-order chi connectivity index (χ0) is 11.3. The highest BCUT2D eigenvalue weighted by Crippen LogP contribution is 2.36. The van der Waals surface area contributed by atoms with Gasteiger partial charge in [0.1, 0.15) is 5.75 Å². The molecule has 0 spiro atoms. The maximum atomic E-state index is 11.8. The Kier molecular flexibility index (Phi) is 1.66. The summed E-state index contributed by atoms with van der Waals surface area (Å²) in [6, 6.07) is 8.92. The first kappa shape index (κ1) is 9.09. The lowest BCUT2D eigenvalue weighted by molar-refractivity contribution is 0.0824. The summed E-state index contributed by atoms with van der Waals surface area (Å²) in [4.78, 5) is 23.6. The van der Waals surface area contributed by atoms with Gasteiger partial charge < -0.3 is 4.74 Å². The summed E-state index contributed by atoms with van der Waals surface area (Å²) >= 11 is 0. The molecule has 0 aliphatic heterocycles. The van der Waals surface area contributed by atoms with E-state index in [1.165, 1.54) is 7.11 Å². The molecule has 2 aromatic carbocycles. The molecule has 0 saturated carbocycles. The van der Waals surface area contributed by atoms with Crippen molar-refractivity contribution in [2.75, 3.05) is 7.11 Å². The zero-order valence-electron chi connectivity index (χ0n) is 8.61. The number of methoxy groups -OCH3 is 1. The summed E-state index contributed by atoms with van der Waals surface area (Å²) in [7, 11) is 1.50. The molecule has 0 fully saturated rings. The minimum absolute atomic E-state index is 0.403. The van der Waals surface area contributed by atoms with E-state index >= 15 is 0 Å². The molecule has 0 aromatic heterocycles. The van der Waals surface area contributed by atoms with Crippen molar-refractivity contribution in [3.63, 3.8) is 0 Å². The number of ketones is 2. The molecule has 1 aliphatic carbocycles. The Morgan fingerprint density at radius 1 is 1.00 bits per heavy atom. The van der Waals surface area contributed by atoms with E-state index in [1.54, 1.807) is 18.2 Å². The topological polar surface area (TPSA) is 43.4 Å². The summed E-state index contributed by atoms with van der Waals surface area (Å²) in [5, 5.41) is 1.62. The van der Waals surface area contributed by atoms with Crippen LogP contribution in [0.3, 0.4) is 0 Å². The van der Waals surface area contributed by atoms with Crippen LogP contribution in [0.15, 0.2) is 30.3 Å². The Bertz CT molecular complexity index is 641. The summed E-state index contributed by atoms with van der Waals surface area (Å²) in [6.45, 7) is 0. The SMILES string of the molecule is COc1ccc2cccc3c2c1C(=O)C3=O. The fourth-order valence-electron chi connectivity index (χ4n) is 2.18. The van der Waals surface area contributed by atoms with Crippen molar-refractivity contribution < 1.29 is 14.3 Å². The van der Waals surface area contributed by atoms with Crippen LogP contribution in [0.2, 0.25) is 0 Å². The van der Waals surface area contributed by atoms with E-state index in [0.717, 1.165) is 10.8 Å². The fraction of sp³-hybridized carbons (Fsp3) is 0.0769. The molecule has 3 rings (SSSR count). The molecule has 3 heteroatoms. The molecule has 2 aromatic rings. The van der Waals surface area contributed by atoms with E-state index in [9.17, 15) is 9.59 Å². The first-order valence-electron chi connectivity index (χ1n) is 4.93. The average molecular weight is 212 g/mol. The molecular formula is C13H8O3. The van der Waals surface area contributed by atoms with Crippen LogP contribution < -0.4 is 4.74 Å². The molecule has 0 N–H and O–H groups in total. The van der Waals surface area contributed by atoms with E-state index in [4.69, 9.17) is 4.74 Å². The highest BCUT2D eigenvalue weighted by molar-refractivity contribution is 6.57. The maximum absolute atomic E-state index is 11.8. The van der Waals surface area contributed by atoms with Crippen molar-refractivity contribution in [1.29, 1.82) is 0 Å². The minimum Gasteiger partial charge on any atom is -0.496 e. The second kappa shape index (κ2) is 2.92. The summed E-state index contributed by atoms with van der Waals surface area (Å²) in [5.74, 6) is -0.440. The number of carbonyl (C=O) groups excluding carboxylic acids is 2. The monoisotopic (exact) mass is 212 g/mol. The summed E-state index contributed by atoms with van der Waals surface area (Å²) < 4.78 is 5.12. The van der Waals surface area contributed by atoms with Crippen molar-refractivity contribution in [2.45, 2.75) is 0 Å². The Labute approximate surface area is 91.6 Å². The lowest BCUT2D eigenvalue weighted by atomic mass is 10.0. The van der Waals surface area contributed by atoms with Crippen LogP contribution >= 0.6 is 0 Å². The molecule has 0 amide bonds. The third-order valence-corrected chi connectivity index (χ3v) is 2.91. The van der Waals surface area contributed by atoms with Crippen molar-refractivity contribution in [3.05, 3.63) is 41.5 Å². The predicted molar refractivity (Wildman–Crippen MR) is 59.2 cm³/mol. The van der Waals surface area contributed by atoms with Gasteiger partial charge in [-0.3, -0.25) is 9.59 Å². The van der Waals surface area contributed by atoms with Gasteiger partial charge in [-0.2, -0.15) is 0 Å². The van der Waals surface area contributed by atoms with E-state index in [2.05, 4.69) is 0 Å². The predicted octanol–water partition coefficient (Wildman–Crippen LogP) is 2.23. The zero-order valence-corrected chi connectivity index (χ0v) is 8.61. The minimum atomic E-state index is -0.469. The van der Waals surface area contributed by atoms with Crippen molar-refractivity contribution in [2.24, 2.45) is 0 Å². The lowest BCUT2D eigenvalue weighted by Gasteiger charge is -2.05. The fourth-order valence-corrected chi connectivity index (χ4v) is 2.18. The van der Waals surface area contributed by atoms with Gasteiger partial charge in [-0.1, -0.05) is 24.3 Å². The third-order valence-electron chi connectivity index (χ3n) is 2.91.